The van der Waals surface area contributed by atoms with Crippen LogP contribution in [0.2, 0.25) is 5.15 Å². The van der Waals surface area contributed by atoms with E-state index in [0.29, 0.717) is 29.9 Å². The number of amides is 1. The van der Waals surface area contributed by atoms with Crippen molar-refractivity contribution in [3.8, 4) is 11.3 Å². The molecule has 1 aromatic heterocycles. The van der Waals surface area contributed by atoms with Crippen LogP contribution >= 0.6 is 48.8 Å². The van der Waals surface area contributed by atoms with Crippen molar-refractivity contribution in [1.82, 2.24) is 14.9 Å². The quantitative estimate of drug-likeness (QED) is 0.131. The van der Waals surface area contributed by atoms with Gasteiger partial charge in [0.25, 0.3) is 5.56 Å². The van der Waals surface area contributed by atoms with E-state index >= 15 is 0 Å². The number of aromatic nitrogens is 2. The number of hydrogen-bond acceptors (Lipinski definition) is 6. The van der Waals surface area contributed by atoms with Crippen LogP contribution in [-0.2, 0) is 17.9 Å². The molecule has 0 bridgehead atoms. The molecular formula is C24H31Cl4N7O2. The Bertz CT molecular complexity index is 1210. The van der Waals surface area contributed by atoms with Crippen LogP contribution in [0.15, 0.2) is 59.4 Å². The van der Waals surface area contributed by atoms with Gasteiger partial charge in [0.1, 0.15) is 12.4 Å². The van der Waals surface area contributed by atoms with Gasteiger partial charge in [0, 0.05) is 24.2 Å². The number of nitrogen functional groups attached to an aromatic ring is 1. The number of hydrogen-bond donors (Lipinski definition) is 5. The molecule has 0 saturated heterocycles. The van der Waals surface area contributed by atoms with Gasteiger partial charge in [-0.05, 0) is 24.9 Å². The summed E-state index contributed by atoms with van der Waals surface area (Å²) in [5.74, 6) is -0.286. The van der Waals surface area contributed by atoms with Gasteiger partial charge in [0.05, 0.1) is 5.69 Å². The number of nitrogens with two attached hydrogens (primary N) is 2. The molecule has 0 spiro atoms. The molecule has 37 heavy (non-hydrogen) atoms. The van der Waals surface area contributed by atoms with Gasteiger partial charge >= 0.3 is 0 Å². The fourth-order valence-corrected chi connectivity index (χ4v) is 3.65. The van der Waals surface area contributed by atoms with Crippen LogP contribution in [0.3, 0.4) is 0 Å². The van der Waals surface area contributed by atoms with E-state index in [4.69, 9.17) is 28.5 Å². The molecule has 0 fully saturated rings. The van der Waals surface area contributed by atoms with Crippen LogP contribution in [0.4, 0.5) is 5.82 Å². The van der Waals surface area contributed by atoms with Crippen molar-refractivity contribution in [1.29, 1.82) is 5.41 Å². The number of carbonyl (C=O) groups excluding carboxylic acids is 1. The molecule has 202 valence electrons. The average molecular weight is 591 g/mol. The van der Waals surface area contributed by atoms with E-state index < -0.39 is 5.56 Å². The van der Waals surface area contributed by atoms with E-state index in [1.165, 1.54) is 4.57 Å². The Morgan fingerprint density at radius 1 is 1.03 bits per heavy atom. The summed E-state index contributed by atoms with van der Waals surface area (Å²) >= 11 is 6.49. The van der Waals surface area contributed by atoms with E-state index in [1.54, 1.807) is 24.3 Å². The highest BCUT2D eigenvalue weighted by Crippen LogP contribution is 2.26. The molecule has 0 aliphatic heterocycles. The number of carbonyl (C=O) groups is 1. The summed E-state index contributed by atoms with van der Waals surface area (Å²) in [7, 11) is 0. The highest BCUT2D eigenvalue weighted by atomic mass is 35.5. The third kappa shape index (κ3) is 9.53. The third-order valence-electron chi connectivity index (χ3n) is 5.15. The van der Waals surface area contributed by atoms with E-state index in [2.05, 4.69) is 15.6 Å². The molecule has 0 saturated carbocycles. The van der Waals surface area contributed by atoms with Gasteiger partial charge in [0.15, 0.2) is 11.0 Å². The minimum atomic E-state index is -0.433. The number of nitrogens with one attached hydrogen (secondary N) is 3. The molecule has 2 aromatic carbocycles. The third-order valence-corrected chi connectivity index (χ3v) is 5.41. The Morgan fingerprint density at radius 3 is 2.27 bits per heavy atom. The van der Waals surface area contributed by atoms with Crippen molar-refractivity contribution >= 4 is 66.4 Å². The van der Waals surface area contributed by atoms with Crippen molar-refractivity contribution in [3.05, 3.63) is 81.2 Å². The number of unbranched alkanes of at least 4 members (excludes halogenated alkanes) is 1. The maximum atomic E-state index is 13.2. The number of benzene rings is 2. The van der Waals surface area contributed by atoms with Crippen LogP contribution in [0, 0.1) is 5.41 Å². The number of rotatable bonds is 11. The van der Waals surface area contributed by atoms with E-state index in [0.717, 1.165) is 18.4 Å². The summed E-state index contributed by atoms with van der Waals surface area (Å²) < 4.78 is 1.34. The monoisotopic (exact) mass is 589 g/mol. The maximum absolute atomic E-state index is 13.2. The smallest absolute Gasteiger partial charge is 0.294 e. The first-order chi connectivity index (χ1) is 16.4. The molecule has 3 aromatic rings. The van der Waals surface area contributed by atoms with E-state index in [-0.39, 0.29) is 73.0 Å². The van der Waals surface area contributed by atoms with Gasteiger partial charge in [-0.2, -0.15) is 0 Å². The molecule has 1 amide bonds. The van der Waals surface area contributed by atoms with Gasteiger partial charge in [0.2, 0.25) is 5.91 Å². The second kappa shape index (κ2) is 16.8. The minimum Gasteiger partial charge on any atom is -0.384 e. The topological polar surface area (TPSA) is 152 Å². The molecule has 9 nitrogen and oxygen atoms in total. The maximum Gasteiger partial charge on any atom is 0.294 e. The molecule has 0 aliphatic carbocycles. The lowest BCUT2D eigenvalue weighted by atomic mass is 10.1. The van der Waals surface area contributed by atoms with Crippen LogP contribution in [0.25, 0.3) is 11.3 Å². The van der Waals surface area contributed by atoms with Crippen LogP contribution in [0.5, 0.6) is 0 Å². The highest BCUT2D eigenvalue weighted by molar-refractivity contribution is 6.32. The standard InChI is InChI=1S/C24H28ClN7O2.3ClH/c25-21-20(17-6-2-1-3-7-17)32(24(34)23(31-21)29-13-5-4-12-26)15-19(33)30-14-16-8-10-18(11-9-16)22(27)28;;;/h1-3,6-11H,4-5,12-15,26H2,(H3,27,28)(H,29,31)(H,30,33);3*1H. The largest absolute Gasteiger partial charge is 0.384 e. The number of amidine groups is 1. The van der Waals surface area contributed by atoms with Gasteiger partial charge in [-0.25, -0.2) is 4.98 Å². The minimum absolute atomic E-state index is 0. The van der Waals surface area contributed by atoms with Crippen molar-refractivity contribution in [3.63, 3.8) is 0 Å². The lowest BCUT2D eigenvalue weighted by molar-refractivity contribution is -0.121. The van der Waals surface area contributed by atoms with Crippen molar-refractivity contribution in [2.24, 2.45) is 11.5 Å². The Kier molecular flexibility index (Phi) is 15.5. The second-order valence-corrected chi connectivity index (χ2v) is 8.03. The van der Waals surface area contributed by atoms with Crippen LogP contribution < -0.4 is 27.7 Å². The molecule has 3 rings (SSSR count). The molecule has 7 N–H and O–H groups in total. The summed E-state index contributed by atoms with van der Waals surface area (Å²) in [6.45, 7) is 1.11. The summed E-state index contributed by atoms with van der Waals surface area (Å²) in [6, 6.07) is 16.1. The predicted octanol–water partition coefficient (Wildman–Crippen LogP) is 3.58. The van der Waals surface area contributed by atoms with Gasteiger partial charge in [-0.3, -0.25) is 19.6 Å². The lowest BCUT2D eigenvalue weighted by Gasteiger charge is -2.16. The number of anilines is 1. The van der Waals surface area contributed by atoms with E-state index in [1.807, 2.05) is 30.3 Å². The highest BCUT2D eigenvalue weighted by Gasteiger charge is 2.19. The Morgan fingerprint density at radius 2 is 1.68 bits per heavy atom. The van der Waals surface area contributed by atoms with Gasteiger partial charge in [-0.1, -0.05) is 66.2 Å². The molecule has 0 aliphatic rings. The molecular weight excluding hydrogens is 560 g/mol. The van der Waals surface area contributed by atoms with Gasteiger partial charge in [-0.15, -0.1) is 37.2 Å². The van der Waals surface area contributed by atoms with Crippen LogP contribution in [0.1, 0.15) is 24.0 Å². The Hall–Kier alpha value is -2.82. The first-order valence-electron chi connectivity index (χ1n) is 10.9. The number of nitrogens with zero attached hydrogens (tertiary/aromatic N) is 2. The Labute approximate surface area is 239 Å². The van der Waals surface area contributed by atoms with Crippen molar-refractivity contribution < 1.29 is 4.79 Å². The first-order valence-corrected chi connectivity index (χ1v) is 11.3. The van der Waals surface area contributed by atoms with Gasteiger partial charge < -0.3 is 22.1 Å². The molecule has 1 heterocycles. The zero-order valence-electron chi connectivity index (χ0n) is 19.9. The molecule has 13 heteroatoms. The Balaban J connectivity index is 0.00000432. The summed E-state index contributed by atoms with van der Waals surface area (Å²) in [4.78, 5) is 30.3. The normalized spacial score (nSPS) is 9.78. The predicted molar refractivity (Wildman–Crippen MR) is 157 cm³/mol. The fraction of sp³-hybridized carbons (Fsp3) is 0.250. The number of halogens is 4. The summed E-state index contributed by atoms with van der Waals surface area (Å²) in [6.07, 6.45) is 1.59. The van der Waals surface area contributed by atoms with Crippen molar-refractivity contribution in [2.45, 2.75) is 25.9 Å². The first kappa shape index (κ1) is 34.2. The molecule has 0 atom stereocenters. The summed E-state index contributed by atoms with van der Waals surface area (Å²) in [5, 5.41) is 13.4. The SMILES string of the molecule is Cl.Cl.Cl.N=C(N)c1ccc(CNC(=O)Cn2c(-c3ccccc3)c(Cl)nc(NCCCCN)c2=O)cc1. The lowest BCUT2D eigenvalue weighted by Crippen LogP contribution is -2.34. The van der Waals surface area contributed by atoms with Crippen LogP contribution in [-0.4, -0.2) is 34.4 Å². The average Bonchev–Trinajstić information content (AvgIpc) is 2.84. The summed E-state index contributed by atoms with van der Waals surface area (Å²) in [5.41, 5.74) is 13.1. The van der Waals surface area contributed by atoms with E-state index in [9.17, 15) is 9.59 Å². The van der Waals surface area contributed by atoms with Crippen molar-refractivity contribution in [2.75, 3.05) is 18.4 Å². The second-order valence-electron chi connectivity index (χ2n) is 7.67. The zero-order valence-corrected chi connectivity index (χ0v) is 23.1. The fourth-order valence-electron chi connectivity index (χ4n) is 3.36. The molecule has 0 unspecified atom stereocenters. The molecule has 0 radical (unpaired) electrons. The zero-order chi connectivity index (χ0) is 24.5.